The average Bonchev–Trinajstić information content (AvgIpc) is 3.24. The number of carbonyl (C=O) groups excluding carboxylic acids is 2. The number of esters is 1. The van der Waals surface area contributed by atoms with E-state index in [2.05, 4.69) is 10.4 Å². The zero-order chi connectivity index (χ0) is 24.6. The van der Waals surface area contributed by atoms with Gasteiger partial charge in [0.25, 0.3) is 5.91 Å². The van der Waals surface area contributed by atoms with Gasteiger partial charge < -0.3 is 24.1 Å². The zero-order valence-corrected chi connectivity index (χ0v) is 20.2. The molecule has 0 unspecified atom stereocenters. The summed E-state index contributed by atoms with van der Waals surface area (Å²) >= 11 is 0. The number of aliphatic imine (C=N–C) groups is 1. The molecular weight excluding hydrogens is 442 g/mol. The fourth-order valence-corrected chi connectivity index (χ4v) is 3.52. The lowest BCUT2D eigenvalue weighted by atomic mass is 9.94. The molecule has 0 bridgehead atoms. The Kier molecular flexibility index (Phi) is 8.87. The Hall–Kier alpha value is -2.69. The van der Waals surface area contributed by atoms with Gasteiger partial charge in [0.05, 0.1) is 19.8 Å². The van der Waals surface area contributed by atoms with Crippen molar-refractivity contribution in [2.75, 3.05) is 46.1 Å². The van der Waals surface area contributed by atoms with Crippen molar-refractivity contribution in [3.8, 4) is 5.75 Å². The summed E-state index contributed by atoms with van der Waals surface area (Å²) in [6, 6.07) is 7.17. The van der Waals surface area contributed by atoms with Crippen LogP contribution in [0.2, 0.25) is 0 Å². The van der Waals surface area contributed by atoms with Gasteiger partial charge in [0.1, 0.15) is 18.0 Å². The molecule has 1 aromatic carbocycles. The van der Waals surface area contributed by atoms with Crippen LogP contribution >= 0.6 is 0 Å². The standard InChI is InChI=1S/C24H35N3O7/c1-23(2,3)34-20(29)9-10-24(22(30)26-27-11-15-31-16-12-27)17-33-21(25-24)18-5-7-19(8-6-18)32-14-4-13-28/h5-8,28H,4,9-17H2,1-3H3,(H,26,30)/t24-/m0/s1. The maximum Gasteiger partial charge on any atom is 0.306 e. The molecule has 0 spiro atoms. The fourth-order valence-electron chi connectivity index (χ4n) is 3.52. The van der Waals surface area contributed by atoms with Crippen molar-refractivity contribution < 1.29 is 33.6 Å². The van der Waals surface area contributed by atoms with E-state index >= 15 is 0 Å². The van der Waals surface area contributed by atoms with Crippen LogP contribution in [0.5, 0.6) is 5.75 Å². The number of amides is 1. The van der Waals surface area contributed by atoms with Crippen molar-refractivity contribution in [2.45, 2.75) is 51.2 Å². The summed E-state index contributed by atoms with van der Waals surface area (Å²) in [7, 11) is 0. The number of aliphatic hydroxyl groups excluding tert-OH is 1. The first-order chi connectivity index (χ1) is 16.2. The van der Waals surface area contributed by atoms with Crippen molar-refractivity contribution in [3.63, 3.8) is 0 Å². The second-order valence-corrected chi connectivity index (χ2v) is 9.31. The van der Waals surface area contributed by atoms with Crippen molar-refractivity contribution in [1.29, 1.82) is 0 Å². The summed E-state index contributed by atoms with van der Waals surface area (Å²) in [5.74, 6) is 0.288. The predicted octanol–water partition coefficient (Wildman–Crippen LogP) is 1.45. The number of nitrogens with zero attached hydrogens (tertiary/aromatic N) is 2. The molecule has 1 saturated heterocycles. The minimum absolute atomic E-state index is 0.0239. The van der Waals surface area contributed by atoms with Crippen molar-refractivity contribution in [2.24, 2.45) is 4.99 Å². The first-order valence-electron chi connectivity index (χ1n) is 11.6. The molecule has 0 aromatic heterocycles. The van der Waals surface area contributed by atoms with E-state index in [4.69, 9.17) is 24.1 Å². The van der Waals surface area contributed by atoms with E-state index in [0.717, 1.165) is 0 Å². The molecular formula is C24H35N3O7. The zero-order valence-electron chi connectivity index (χ0n) is 20.2. The van der Waals surface area contributed by atoms with Crippen molar-refractivity contribution >= 4 is 17.8 Å². The van der Waals surface area contributed by atoms with Crippen LogP contribution in [0, 0.1) is 0 Å². The van der Waals surface area contributed by atoms with E-state index in [9.17, 15) is 9.59 Å². The highest BCUT2D eigenvalue weighted by atomic mass is 16.6. The molecule has 2 heterocycles. The molecule has 1 fully saturated rings. The Labute approximate surface area is 200 Å². The third kappa shape index (κ3) is 7.41. The van der Waals surface area contributed by atoms with Gasteiger partial charge in [-0.05, 0) is 51.5 Å². The molecule has 1 aromatic rings. The van der Waals surface area contributed by atoms with Gasteiger partial charge in [-0.25, -0.2) is 10.0 Å². The van der Waals surface area contributed by atoms with Crippen LogP contribution < -0.4 is 10.2 Å². The maximum atomic E-state index is 13.3. The quantitative estimate of drug-likeness (QED) is 0.384. The molecule has 2 aliphatic rings. The molecule has 0 aliphatic carbocycles. The van der Waals surface area contributed by atoms with Crippen LogP contribution in [0.1, 0.15) is 45.6 Å². The number of hydrogen-bond acceptors (Lipinski definition) is 9. The third-order valence-electron chi connectivity index (χ3n) is 5.29. The first kappa shape index (κ1) is 25.9. The Morgan fingerprint density at radius 2 is 1.91 bits per heavy atom. The van der Waals surface area contributed by atoms with Gasteiger partial charge in [-0.1, -0.05) is 0 Å². The number of benzene rings is 1. The highest BCUT2D eigenvalue weighted by Crippen LogP contribution is 2.29. The van der Waals surface area contributed by atoms with Crippen molar-refractivity contribution in [1.82, 2.24) is 10.4 Å². The summed E-state index contributed by atoms with van der Waals surface area (Å²) in [6.45, 7) is 8.13. The van der Waals surface area contributed by atoms with Gasteiger partial charge in [0.2, 0.25) is 5.90 Å². The van der Waals surface area contributed by atoms with Crippen LogP contribution in [-0.2, 0) is 23.8 Å². The molecule has 1 amide bonds. The van der Waals surface area contributed by atoms with Gasteiger partial charge in [0, 0.05) is 38.1 Å². The van der Waals surface area contributed by atoms with Crippen LogP contribution in [0.25, 0.3) is 0 Å². The highest BCUT2D eigenvalue weighted by Gasteiger charge is 2.45. The summed E-state index contributed by atoms with van der Waals surface area (Å²) < 4.78 is 22.2. The molecule has 0 radical (unpaired) electrons. The Morgan fingerprint density at radius 1 is 1.21 bits per heavy atom. The maximum absolute atomic E-state index is 13.3. The number of morpholine rings is 1. The van der Waals surface area contributed by atoms with Gasteiger partial charge in [0.15, 0.2) is 5.54 Å². The lowest BCUT2D eigenvalue weighted by molar-refractivity contribution is -0.155. The van der Waals surface area contributed by atoms with Gasteiger partial charge in [-0.3, -0.25) is 15.0 Å². The minimum atomic E-state index is -1.25. The van der Waals surface area contributed by atoms with Crippen LogP contribution in [0.15, 0.2) is 29.3 Å². The largest absolute Gasteiger partial charge is 0.494 e. The smallest absolute Gasteiger partial charge is 0.306 e. The van der Waals surface area contributed by atoms with Crippen molar-refractivity contribution in [3.05, 3.63) is 29.8 Å². The van der Waals surface area contributed by atoms with E-state index < -0.39 is 11.1 Å². The molecule has 188 valence electrons. The second-order valence-electron chi connectivity index (χ2n) is 9.31. The van der Waals surface area contributed by atoms with E-state index in [1.54, 1.807) is 50.0 Å². The number of aliphatic hydroxyl groups is 1. The molecule has 10 nitrogen and oxygen atoms in total. The topological polar surface area (TPSA) is 119 Å². The number of carbonyl (C=O) groups is 2. The Balaban J connectivity index is 1.74. The fraction of sp³-hybridized carbons (Fsp3) is 0.625. The SMILES string of the molecule is CC(C)(C)OC(=O)CC[C@@]1(C(=O)NN2CCOCC2)COC(c2ccc(OCCCO)cc2)=N1. The summed E-state index contributed by atoms with van der Waals surface area (Å²) in [5.41, 5.74) is 1.76. The molecule has 2 N–H and O–H groups in total. The second kappa shape index (κ2) is 11.6. The lowest BCUT2D eigenvalue weighted by Gasteiger charge is -2.31. The van der Waals surface area contributed by atoms with Gasteiger partial charge >= 0.3 is 5.97 Å². The highest BCUT2D eigenvalue weighted by molar-refractivity contribution is 6.00. The number of hydrogen-bond donors (Lipinski definition) is 2. The van der Waals surface area contributed by atoms with E-state index in [0.29, 0.717) is 56.5 Å². The Bertz CT molecular complexity index is 860. The van der Waals surface area contributed by atoms with E-state index in [1.807, 2.05) is 0 Å². The predicted molar refractivity (Wildman–Crippen MR) is 124 cm³/mol. The van der Waals surface area contributed by atoms with E-state index in [1.165, 1.54) is 0 Å². The molecule has 0 saturated carbocycles. The number of rotatable bonds is 10. The summed E-state index contributed by atoms with van der Waals surface area (Å²) in [6.07, 6.45) is 0.742. The first-order valence-corrected chi connectivity index (χ1v) is 11.6. The molecule has 34 heavy (non-hydrogen) atoms. The number of ether oxygens (including phenoxy) is 4. The summed E-state index contributed by atoms with van der Waals surface area (Å²) in [4.78, 5) is 30.4. The monoisotopic (exact) mass is 477 g/mol. The summed E-state index contributed by atoms with van der Waals surface area (Å²) in [5, 5.41) is 10.7. The molecule has 10 heteroatoms. The van der Waals surface area contributed by atoms with Crippen LogP contribution in [-0.4, -0.2) is 85.2 Å². The van der Waals surface area contributed by atoms with Gasteiger partial charge in [-0.2, -0.15) is 0 Å². The number of nitrogens with one attached hydrogen (secondary N) is 1. The molecule has 3 rings (SSSR count). The minimum Gasteiger partial charge on any atom is -0.494 e. The number of hydrazine groups is 1. The normalized spacial score (nSPS) is 20.9. The average molecular weight is 478 g/mol. The molecule has 2 aliphatic heterocycles. The van der Waals surface area contributed by atoms with E-state index in [-0.39, 0.29) is 37.9 Å². The van der Waals surface area contributed by atoms with Crippen LogP contribution in [0.3, 0.4) is 0 Å². The Morgan fingerprint density at radius 3 is 2.56 bits per heavy atom. The van der Waals surface area contributed by atoms with Gasteiger partial charge in [-0.15, -0.1) is 0 Å². The lowest BCUT2D eigenvalue weighted by Crippen LogP contribution is -2.56. The molecule has 1 atom stereocenters. The van der Waals surface area contributed by atoms with Crippen LogP contribution in [0.4, 0.5) is 0 Å². The third-order valence-corrected chi connectivity index (χ3v) is 5.29.